The summed E-state index contributed by atoms with van der Waals surface area (Å²) in [5, 5.41) is 3.40. The Morgan fingerprint density at radius 2 is 2.50 bits per heavy atom. The molecule has 2 atom stereocenters. The van der Waals surface area contributed by atoms with Gasteiger partial charge in [0.15, 0.2) is 0 Å². The Balaban J connectivity index is 2.04. The van der Waals surface area contributed by atoms with E-state index in [1.54, 1.807) is 0 Å². The lowest BCUT2D eigenvalue weighted by Crippen LogP contribution is -2.34. The zero-order valence-corrected chi connectivity index (χ0v) is 7.09. The summed E-state index contributed by atoms with van der Waals surface area (Å²) in [5.74, 6) is 0. The van der Waals surface area contributed by atoms with Gasteiger partial charge in [-0.15, -0.1) is 0 Å². The molecule has 1 fully saturated rings. The Morgan fingerprint density at radius 3 is 3.08 bits per heavy atom. The molecule has 1 saturated heterocycles. The molecule has 1 aliphatic rings. The number of hydrogen-bond donors (Lipinski definition) is 3. The molecular weight excluding hydrogens is 150 g/mol. The van der Waals surface area contributed by atoms with Crippen molar-refractivity contribution in [3.63, 3.8) is 0 Å². The van der Waals surface area contributed by atoms with Crippen LogP contribution in [0, 0.1) is 0 Å². The minimum absolute atomic E-state index is 0.127. The predicted molar refractivity (Wildman–Crippen MR) is 48.7 cm³/mol. The Labute approximate surface area is 72.3 Å². The molecule has 1 aromatic heterocycles. The Morgan fingerprint density at radius 1 is 1.58 bits per heavy atom. The third-order valence-electron chi connectivity index (χ3n) is 2.51. The smallest absolute Gasteiger partial charge is 0.0603 e. The lowest BCUT2D eigenvalue weighted by molar-refractivity contribution is 0.493. The molecule has 2 unspecified atom stereocenters. The van der Waals surface area contributed by atoms with Crippen molar-refractivity contribution in [2.24, 2.45) is 5.73 Å². The monoisotopic (exact) mass is 165 g/mol. The average molecular weight is 165 g/mol. The fraction of sp³-hybridized carbons (Fsp3) is 0.556. The van der Waals surface area contributed by atoms with E-state index in [1.807, 2.05) is 18.3 Å². The van der Waals surface area contributed by atoms with Crippen LogP contribution in [0.2, 0.25) is 0 Å². The predicted octanol–water partition coefficient (Wildman–Crippen LogP) is 0.766. The topological polar surface area (TPSA) is 53.8 Å². The van der Waals surface area contributed by atoms with E-state index in [-0.39, 0.29) is 6.04 Å². The van der Waals surface area contributed by atoms with Gasteiger partial charge in [0.25, 0.3) is 0 Å². The lowest BCUT2D eigenvalue weighted by Gasteiger charge is -2.17. The third kappa shape index (κ3) is 1.38. The molecule has 0 spiro atoms. The number of nitrogens with one attached hydrogen (secondary N) is 2. The molecule has 1 aromatic rings. The van der Waals surface area contributed by atoms with E-state index in [0.29, 0.717) is 6.04 Å². The normalized spacial score (nSPS) is 25.9. The van der Waals surface area contributed by atoms with Gasteiger partial charge in [0.2, 0.25) is 0 Å². The molecule has 0 aromatic carbocycles. The number of hydrogen-bond acceptors (Lipinski definition) is 2. The Bertz CT molecular complexity index is 224. The lowest BCUT2D eigenvalue weighted by atomic mass is 10.0. The van der Waals surface area contributed by atoms with Gasteiger partial charge in [0, 0.05) is 17.9 Å². The van der Waals surface area contributed by atoms with Gasteiger partial charge in [-0.05, 0) is 31.5 Å². The van der Waals surface area contributed by atoms with E-state index in [1.165, 1.54) is 12.8 Å². The second-order valence-corrected chi connectivity index (χ2v) is 3.35. The van der Waals surface area contributed by atoms with E-state index >= 15 is 0 Å². The SMILES string of the molecule is NC(c1ccc[nH]1)C1CCCN1. The summed E-state index contributed by atoms with van der Waals surface area (Å²) in [5.41, 5.74) is 7.18. The summed E-state index contributed by atoms with van der Waals surface area (Å²) in [6.45, 7) is 1.11. The summed E-state index contributed by atoms with van der Waals surface area (Å²) in [6.07, 6.45) is 4.36. The Hall–Kier alpha value is -0.800. The Kier molecular flexibility index (Phi) is 2.15. The fourth-order valence-corrected chi connectivity index (χ4v) is 1.79. The van der Waals surface area contributed by atoms with Gasteiger partial charge in [0.1, 0.15) is 0 Å². The second-order valence-electron chi connectivity index (χ2n) is 3.35. The van der Waals surface area contributed by atoms with E-state index < -0.39 is 0 Å². The summed E-state index contributed by atoms with van der Waals surface area (Å²) in [7, 11) is 0. The van der Waals surface area contributed by atoms with Gasteiger partial charge in [-0.1, -0.05) is 0 Å². The van der Waals surface area contributed by atoms with Crippen LogP contribution in [0.1, 0.15) is 24.6 Å². The number of rotatable bonds is 2. The van der Waals surface area contributed by atoms with E-state index in [9.17, 15) is 0 Å². The quantitative estimate of drug-likeness (QED) is 0.606. The van der Waals surface area contributed by atoms with Crippen LogP contribution in [0.15, 0.2) is 18.3 Å². The molecule has 0 radical (unpaired) electrons. The molecule has 0 amide bonds. The number of nitrogens with two attached hydrogens (primary N) is 1. The number of aromatic nitrogens is 1. The van der Waals surface area contributed by atoms with Crippen LogP contribution in [-0.2, 0) is 0 Å². The maximum Gasteiger partial charge on any atom is 0.0603 e. The molecule has 2 rings (SSSR count). The highest BCUT2D eigenvalue weighted by molar-refractivity contribution is 5.11. The van der Waals surface area contributed by atoms with Crippen molar-refractivity contribution in [1.29, 1.82) is 0 Å². The van der Waals surface area contributed by atoms with Gasteiger partial charge in [-0.3, -0.25) is 0 Å². The molecule has 0 aliphatic carbocycles. The summed E-state index contributed by atoms with van der Waals surface area (Å²) >= 11 is 0. The van der Waals surface area contributed by atoms with E-state index in [2.05, 4.69) is 10.3 Å². The minimum Gasteiger partial charge on any atom is -0.364 e. The van der Waals surface area contributed by atoms with Gasteiger partial charge >= 0.3 is 0 Å². The van der Waals surface area contributed by atoms with Crippen molar-refractivity contribution in [3.05, 3.63) is 24.0 Å². The van der Waals surface area contributed by atoms with Crippen molar-refractivity contribution in [3.8, 4) is 0 Å². The molecule has 3 nitrogen and oxygen atoms in total. The van der Waals surface area contributed by atoms with Crippen molar-refractivity contribution >= 4 is 0 Å². The van der Waals surface area contributed by atoms with Crippen LogP contribution in [0.4, 0.5) is 0 Å². The largest absolute Gasteiger partial charge is 0.364 e. The standard InChI is InChI=1S/C9H15N3/c10-9(7-3-1-5-11-7)8-4-2-6-12-8/h1,3,5,8-9,11-12H,2,4,6,10H2. The van der Waals surface area contributed by atoms with Crippen LogP contribution in [0.3, 0.4) is 0 Å². The average Bonchev–Trinajstić information content (AvgIpc) is 2.77. The van der Waals surface area contributed by atoms with Crippen molar-refractivity contribution in [2.75, 3.05) is 6.54 Å². The highest BCUT2D eigenvalue weighted by Gasteiger charge is 2.22. The van der Waals surface area contributed by atoms with Crippen LogP contribution >= 0.6 is 0 Å². The maximum atomic E-state index is 6.05. The molecule has 1 aliphatic heterocycles. The van der Waals surface area contributed by atoms with Crippen molar-refractivity contribution in [2.45, 2.75) is 24.9 Å². The third-order valence-corrected chi connectivity index (χ3v) is 2.51. The van der Waals surface area contributed by atoms with Crippen LogP contribution < -0.4 is 11.1 Å². The number of aromatic amines is 1. The van der Waals surface area contributed by atoms with E-state index in [0.717, 1.165) is 12.2 Å². The van der Waals surface area contributed by atoms with Crippen LogP contribution in [-0.4, -0.2) is 17.6 Å². The van der Waals surface area contributed by atoms with Gasteiger partial charge in [-0.25, -0.2) is 0 Å². The van der Waals surface area contributed by atoms with Gasteiger partial charge < -0.3 is 16.0 Å². The first-order valence-electron chi connectivity index (χ1n) is 4.50. The highest BCUT2D eigenvalue weighted by atomic mass is 15.0. The van der Waals surface area contributed by atoms with Crippen LogP contribution in [0.25, 0.3) is 0 Å². The van der Waals surface area contributed by atoms with Gasteiger partial charge in [-0.2, -0.15) is 0 Å². The van der Waals surface area contributed by atoms with E-state index in [4.69, 9.17) is 5.73 Å². The van der Waals surface area contributed by atoms with Gasteiger partial charge in [0.05, 0.1) is 6.04 Å². The minimum atomic E-state index is 0.127. The maximum absolute atomic E-state index is 6.05. The molecule has 66 valence electrons. The molecule has 0 bridgehead atoms. The van der Waals surface area contributed by atoms with Crippen molar-refractivity contribution in [1.82, 2.24) is 10.3 Å². The summed E-state index contributed by atoms with van der Waals surface area (Å²) in [6, 6.07) is 4.63. The zero-order valence-electron chi connectivity index (χ0n) is 7.09. The zero-order chi connectivity index (χ0) is 8.39. The summed E-state index contributed by atoms with van der Waals surface area (Å²) in [4.78, 5) is 3.15. The fourth-order valence-electron chi connectivity index (χ4n) is 1.79. The molecular formula is C9H15N3. The number of H-pyrrole nitrogens is 1. The molecule has 0 saturated carbocycles. The highest BCUT2D eigenvalue weighted by Crippen LogP contribution is 2.18. The molecule has 2 heterocycles. The van der Waals surface area contributed by atoms with Crippen LogP contribution in [0.5, 0.6) is 0 Å². The molecule has 12 heavy (non-hydrogen) atoms. The van der Waals surface area contributed by atoms with Crippen molar-refractivity contribution < 1.29 is 0 Å². The summed E-state index contributed by atoms with van der Waals surface area (Å²) < 4.78 is 0. The first-order valence-corrected chi connectivity index (χ1v) is 4.50. The molecule has 3 heteroatoms. The first-order chi connectivity index (χ1) is 5.88. The molecule has 4 N–H and O–H groups in total. The second kappa shape index (κ2) is 3.29. The first kappa shape index (κ1) is 7.83.